The van der Waals surface area contributed by atoms with E-state index in [1.54, 1.807) is 12.1 Å². The van der Waals surface area contributed by atoms with Gasteiger partial charge in [0.25, 0.3) is 0 Å². The molecule has 0 spiro atoms. The van der Waals surface area contributed by atoms with Crippen molar-refractivity contribution in [1.82, 2.24) is 19.9 Å². The van der Waals surface area contributed by atoms with Crippen LogP contribution in [0.3, 0.4) is 0 Å². The average molecular weight is 230 g/mol. The molecule has 5 nitrogen and oxygen atoms in total. The number of fused-ring (bicyclic) bond motifs is 1. The zero-order valence-electron chi connectivity index (χ0n) is 9.47. The number of pyridine rings is 1. The third kappa shape index (κ3) is 1.82. The van der Waals surface area contributed by atoms with Gasteiger partial charge in [0.15, 0.2) is 5.65 Å². The summed E-state index contributed by atoms with van der Waals surface area (Å²) in [5, 5.41) is 11.7. The third-order valence-electron chi connectivity index (χ3n) is 3.30. The summed E-state index contributed by atoms with van der Waals surface area (Å²) >= 11 is 0. The molecule has 88 valence electrons. The molecular formula is C12H14N4O. The molecule has 0 aliphatic carbocycles. The van der Waals surface area contributed by atoms with Crippen LogP contribution in [0.5, 0.6) is 0 Å². The summed E-state index contributed by atoms with van der Waals surface area (Å²) in [7, 11) is 0. The molecule has 5 heteroatoms. The van der Waals surface area contributed by atoms with Crippen molar-refractivity contribution >= 4 is 11.9 Å². The van der Waals surface area contributed by atoms with E-state index in [1.165, 1.54) is 0 Å². The van der Waals surface area contributed by atoms with Crippen molar-refractivity contribution in [2.45, 2.75) is 18.8 Å². The highest BCUT2D eigenvalue weighted by Gasteiger charge is 2.20. The molecule has 1 saturated heterocycles. The van der Waals surface area contributed by atoms with Crippen LogP contribution >= 0.6 is 0 Å². The zero-order valence-corrected chi connectivity index (χ0v) is 9.47. The van der Waals surface area contributed by atoms with Gasteiger partial charge in [-0.2, -0.15) is 0 Å². The van der Waals surface area contributed by atoms with Crippen LogP contribution in [0.1, 0.15) is 34.9 Å². The van der Waals surface area contributed by atoms with Crippen LogP contribution in [-0.2, 0) is 0 Å². The second-order valence-corrected chi connectivity index (χ2v) is 4.39. The highest BCUT2D eigenvalue weighted by molar-refractivity contribution is 5.76. The number of nitrogens with zero attached hydrogens (tertiary/aromatic N) is 3. The first kappa shape index (κ1) is 10.4. The Labute approximate surface area is 98.9 Å². The van der Waals surface area contributed by atoms with Crippen LogP contribution in [0.2, 0.25) is 0 Å². The van der Waals surface area contributed by atoms with E-state index in [-0.39, 0.29) is 0 Å². The highest BCUT2D eigenvalue weighted by atomic mass is 16.1. The van der Waals surface area contributed by atoms with Gasteiger partial charge < -0.3 is 5.32 Å². The number of aromatic nitrogens is 3. The molecule has 0 bridgehead atoms. The zero-order chi connectivity index (χ0) is 11.7. The van der Waals surface area contributed by atoms with E-state index in [2.05, 4.69) is 15.5 Å². The molecule has 0 amide bonds. The van der Waals surface area contributed by atoms with Gasteiger partial charge in [-0.1, -0.05) is 0 Å². The monoisotopic (exact) mass is 230 g/mol. The van der Waals surface area contributed by atoms with Crippen LogP contribution in [-0.4, -0.2) is 34.0 Å². The molecule has 1 fully saturated rings. The number of carbonyl (C=O) groups is 1. The topological polar surface area (TPSA) is 59.3 Å². The first-order valence-corrected chi connectivity index (χ1v) is 5.89. The summed E-state index contributed by atoms with van der Waals surface area (Å²) in [4.78, 5) is 10.7. The first-order chi connectivity index (χ1) is 8.38. The largest absolute Gasteiger partial charge is 0.317 e. The Balaban J connectivity index is 2.02. The van der Waals surface area contributed by atoms with E-state index in [0.717, 1.165) is 43.7 Å². The van der Waals surface area contributed by atoms with E-state index in [1.807, 2.05) is 10.6 Å². The van der Waals surface area contributed by atoms with Gasteiger partial charge in [0, 0.05) is 17.7 Å². The summed E-state index contributed by atoms with van der Waals surface area (Å²) < 4.78 is 1.99. The Morgan fingerprint density at radius 3 is 2.94 bits per heavy atom. The maximum atomic E-state index is 10.7. The van der Waals surface area contributed by atoms with Crippen LogP contribution < -0.4 is 5.32 Å². The van der Waals surface area contributed by atoms with Gasteiger partial charge in [0.05, 0.1) is 0 Å². The molecule has 17 heavy (non-hydrogen) atoms. The minimum absolute atomic E-state index is 0.466. The van der Waals surface area contributed by atoms with Crippen molar-refractivity contribution in [3.8, 4) is 0 Å². The molecule has 0 aromatic carbocycles. The number of piperidine rings is 1. The van der Waals surface area contributed by atoms with Gasteiger partial charge in [-0.05, 0) is 38.1 Å². The highest BCUT2D eigenvalue weighted by Crippen LogP contribution is 2.23. The Bertz CT molecular complexity index is 542. The van der Waals surface area contributed by atoms with Gasteiger partial charge in [-0.15, -0.1) is 10.2 Å². The summed E-state index contributed by atoms with van der Waals surface area (Å²) in [5.41, 5.74) is 1.39. The lowest BCUT2D eigenvalue weighted by Crippen LogP contribution is -2.27. The molecule has 3 rings (SSSR count). The normalized spacial score (nSPS) is 17.4. The summed E-state index contributed by atoms with van der Waals surface area (Å²) in [6, 6.07) is 3.57. The molecule has 1 N–H and O–H groups in total. The molecule has 1 aliphatic rings. The van der Waals surface area contributed by atoms with Gasteiger partial charge >= 0.3 is 0 Å². The summed E-state index contributed by atoms with van der Waals surface area (Å²) in [5.74, 6) is 1.48. The maximum Gasteiger partial charge on any atom is 0.161 e. The summed E-state index contributed by atoms with van der Waals surface area (Å²) in [6.45, 7) is 2.07. The number of nitrogens with one attached hydrogen (secondary N) is 1. The Morgan fingerprint density at radius 1 is 1.35 bits per heavy atom. The van der Waals surface area contributed by atoms with Crippen molar-refractivity contribution in [1.29, 1.82) is 0 Å². The van der Waals surface area contributed by atoms with Crippen LogP contribution in [0, 0.1) is 0 Å². The first-order valence-electron chi connectivity index (χ1n) is 5.89. The summed E-state index contributed by atoms with van der Waals surface area (Å²) in [6.07, 6.45) is 4.90. The van der Waals surface area contributed by atoms with Crippen molar-refractivity contribution in [2.75, 3.05) is 13.1 Å². The predicted molar refractivity (Wildman–Crippen MR) is 63.2 cm³/mol. The number of rotatable bonds is 2. The third-order valence-corrected chi connectivity index (χ3v) is 3.30. The van der Waals surface area contributed by atoms with Crippen LogP contribution in [0.25, 0.3) is 5.65 Å². The number of hydrogen-bond donors (Lipinski definition) is 1. The Hall–Kier alpha value is -1.75. The molecule has 0 radical (unpaired) electrons. The maximum absolute atomic E-state index is 10.7. The minimum atomic E-state index is 0.466. The van der Waals surface area contributed by atoms with Crippen molar-refractivity contribution < 1.29 is 4.79 Å². The molecule has 3 heterocycles. The lowest BCUT2D eigenvalue weighted by atomic mass is 9.97. The Morgan fingerprint density at radius 2 is 2.18 bits per heavy atom. The second-order valence-electron chi connectivity index (χ2n) is 4.39. The van der Waals surface area contributed by atoms with Gasteiger partial charge in [0.2, 0.25) is 0 Å². The molecule has 1 aliphatic heterocycles. The fraction of sp³-hybridized carbons (Fsp3) is 0.417. The lowest BCUT2D eigenvalue weighted by Gasteiger charge is -2.20. The quantitative estimate of drug-likeness (QED) is 0.782. The SMILES string of the molecule is O=Cc1ccn2c(C3CCNCC3)nnc2c1. The van der Waals surface area contributed by atoms with E-state index in [4.69, 9.17) is 0 Å². The fourth-order valence-electron chi connectivity index (χ4n) is 2.36. The number of hydrogen-bond acceptors (Lipinski definition) is 4. The Kier molecular flexibility index (Phi) is 2.60. The van der Waals surface area contributed by atoms with Gasteiger partial charge in [0.1, 0.15) is 12.1 Å². The molecule has 0 saturated carbocycles. The fourth-order valence-corrected chi connectivity index (χ4v) is 2.36. The predicted octanol–water partition coefficient (Wildman–Crippen LogP) is 1.01. The molecule has 2 aromatic rings. The molecule has 2 aromatic heterocycles. The second kappa shape index (κ2) is 4.25. The van der Waals surface area contributed by atoms with Crippen molar-refractivity contribution in [2.24, 2.45) is 0 Å². The lowest BCUT2D eigenvalue weighted by molar-refractivity contribution is 0.112. The van der Waals surface area contributed by atoms with E-state index in [0.29, 0.717) is 11.5 Å². The van der Waals surface area contributed by atoms with E-state index in [9.17, 15) is 4.79 Å². The average Bonchev–Trinajstić information content (AvgIpc) is 2.82. The van der Waals surface area contributed by atoms with Crippen LogP contribution in [0.4, 0.5) is 0 Å². The van der Waals surface area contributed by atoms with Gasteiger partial charge in [-0.3, -0.25) is 9.20 Å². The molecule has 0 atom stereocenters. The number of aldehydes is 1. The molecule has 0 unspecified atom stereocenters. The van der Waals surface area contributed by atoms with Gasteiger partial charge in [-0.25, -0.2) is 0 Å². The molecular weight excluding hydrogens is 216 g/mol. The van der Waals surface area contributed by atoms with E-state index >= 15 is 0 Å². The van der Waals surface area contributed by atoms with Crippen LogP contribution in [0.15, 0.2) is 18.3 Å². The van der Waals surface area contributed by atoms with Crippen molar-refractivity contribution in [3.05, 3.63) is 29.7 Å². The minimum Gasteiger partial charge on any atom is -0.317 e. The van der Waals surface area contributed by atoms with E-state index < -0.39 is 0 Å². The van der Waals surface area contributed by atoms with Crippen molar-refractivity contribution in [3.63, 3.8) is 0 Å². The number of carbonyl (C=O) groups excluding carboxylic acids is 1. The standard InChI is InChI=1S/C12H14N4O/c17-8-9-3-6-16-11(7-9)14-15-12(16)10-1-4-13-5-2-10/h3,6-8,10,13H,1-2,4-5H2. The smallest absolute Gasteiger partial charge is 0.161 e.